The van der Waals surface area contributed by atoms with E-state index in [1.807, 2.05) is 6.92 Å². The third kappa shape index (κ3) is 5.24. The second kappa shape index (κ2) is 6.84. The Kier molecular flexibility index (Phi) is 6.57. The van der Waals surface area contributed by atoms with Gasteiger partial charge in [0.25, 0.3) is 0 Å². The van der Waals surface area contributed by atoms with Crippen LogP contribution in [0, 0.1) is 35.0 Å². The van der Waals surface area contributed by atoms with Crippen molar-refractivity contribution in [3.05, 3.63) is 0 Å². The summed E-state index contributed by atoms with van der Waals surface area (Å²) < 4.78 is 0. The highest BCUT2D eigenvalue weighted by Crippen LogP contribution is 2.19. The largest absolute Gasteiger partial charge is 0.315 e. The summed E-state index contributed by atoms with van der Waals surface area (Å²) in [5.41, 5.74) is 0. The van der Waals surface area contributed by atoms with Crippen molar-refractivity contribution in [2.24, 2.45) is 23.7 Å². The SMILES string of the molecule is CC(C#N)CNCC(C(C)C)C(C)C. The van der Waals surface area contributed by atoms with Gasteiger partial charge in [-0.25, -0.2) is 0 Å². The molecule has 0 heterocycles. The second-order valence-electron chi connectivity index (χ2n) is 4.84. The molecule has 0 aromatic rings. The van der Waals surface area contributed by atoms with Crippen LogP contribution >= 0.6 is 0 Å². The lowest BCUT2D eigenvalue weighted by Gasteiger charge is -2.25. The van der Waals surface area contributed by atoms with Crippen LogP contribution in [0.1, 0.15) is 34.6 Å². The Balaban J connectivity index is 3.79. The lowest BCUT2D eigenvalue weighted by Crippen LogP contribution is -2.32. The second-order valence-corrected chi connectivity index (χ2v) is 4.84. The zero-order chi connectivity index (χ0) is 11.1. The van der Waals surface area contributed by atoms with Crippen LogP contribution in [-0.2, 0) is 0 Å². The molecule has 2 nitrogen and oxygen atoms in total. The molecule has 82 valence electrons. The van der Waals surface area contributed by atoms with E-state index in [9.17, 15) is 0 Å². The zero-order valence-electron chi connectivity index (χ0n) is 10.2. The normalized spacial score (nSPS) is 13.6. The fourth-order valence-corrected chi connectivity index (χ4v) is 1.75. The Morgan fingerprint density at radius 1 is 1.00 bits per heavy atom. The van der Waals surface area contributed by atoms with E-state index in [0.717, 1.165) is 13.1 Å². The van der Waals surface area contributed by atoms with Crippen molar-refractivity contribution in [1.82, 2.24) is 5.32 Å². The summed E-state index contributed by atoms with van der Waals surface area (Å²) in [6.07, 6.45) is 0. The van der Waals surface area contributed by atoms with Gasteiger partial charge in [0, 0.05) is 6.54 Å². The third-order valence-corrected chi connectivity index (χ3v) is 2.76. The molecule has 1 N–H and O–H groups in total. The molecule has 0 aromatic carbocycles. The summed E-state index contributed by atoms with van der Waals surface area (Å²) in [6, 6.07) is 2.23. The quantitative estimate of drug-likeness (QED) is 0.709. The van der Waals surface area contributed by atoms with Gasteiger partial charge in [-0.05, 0) is 31.2 Å². The molecule has 0 aliphatic carbocycles. The van der Waals surface area contributed by atoms with E-state index in [0.29, 0.717) is 17.8 Å². The fourth-order valence-electron chi connectivity index (χ4n) is 1.75. The van der Waals surface area contributed by atoms with Crippen molar-refractivity contribution >= 4 is 0 Å². The molecule has 0 fully saturated rings. The van der Waals surface area contributed by atoms with Gasteiger partial charge in [0.15, 0.2) is 0 Å². The standard InChI is InChI=1S/C12H24N2/c1-9(2)12(10(3)4)8-14-7-11(5)6-13/h9-12,14H,7-8H2,1-5H3. The summed E-state index contributed by atoms with van der Waals surface area (Å²) in [5.74, 6) is 2.25. The highest BCUT2D eigenvalue weighted by atomic mass is 14.9. The molecule has 0 aromatic heterocycles. The summed E-state index contributed by atoms with van der Waals surface area (Å²) in [5, 5.41) is 12.0. The van der Waals surface area contributed by atoms with Crippen LogP contribution in [0.3, 0.4) is 0 Å². The van der Waals surface area contributed by atoms with Gasteiger partial charge in [0.2, 0.25) is 0 Å². The van der Waals surface area contributed by atoms with Gasteiger partial charge in [0.1, 0.15) is 0 Å². The highest BCUT2D eigenvalue weighted by Gasteiger charge is 2.16. The topological polar surface area (TPSA) is 35.8 Å². The molecule has 0 rings (SSSR count). The van der Waals surface area contributed by atoms with E-state index in [4.69, 9.17) is 5.26 Å². The molecule has 14 heavy (non-hydrogen) atoms. The van der Waals surface area contributed by atoms with Crippen LogP contribution in [0.15, 0.2) is 0 Å². The summed E-state index contributed by atoms with van der Waals surface area (Å²) in [7, 11) is 0. The predicted octanol–water partition coefficient (Wildman–Crippen LogP) is 2.66. The first kappa shape index (κ1) is 13.4. The Morgan fingerprint density at radius 3 is 1.86 bits per heavy atom. The molecule has 0 amide bonds. The lowest BCUT2D eigenvalue weighted by atomic mass is 9.85. The van der Waals surface area contributed by atoms with Crippen LogP contribution in [0.25, 0.3) is 0 Å². The molecule has 1 unspecified atom stereocenters. The first-order valence-electron chi connectivity index (χ1n) is 5.59. The van der Waals surface area contributed by atoms with Crippen LogP contribution in [0.5, 0.6) is 0 Å². The number of nitrogens with one attached hydrogen (secondary N) is 1. The monoisotopic (exact) mass is 196 g/mol. The number of nitrogens with zero attached hydrogens (tertiary/aromatic N) is 1. The van der Waals surface area contributed by atoms with Gasteiger partial charge in [-0.2, -0.15) is 5.26 Å². The molecule has 0 radical (unpaired) electrons. The fraction of sp³-hybridized carbons (Fsp3) is 0.917. The van der Waals surface area contributed by atoms with E-state index < -0.39 is 0 Å². The van der Waals surface area contributed by atoms with Gasteiger partial charge < -0.3 is 5.32 Å². The zero-order valence-corrected chi connectivity index (χ0v) is 10.2. The van der Waals surface area contributed by atoms with E-state index in [-0.39, 0.29) is 5.92 Å². The minimum atomic E-state index is 0.120. The average Bonchev–Trinajstić information content (AvgIpc) is 2.10. The Bertz CT molecular complexity index is 171. The molecule has 0 spiro atoms. The Hall–Kier alpha value is -0.550. The molecule has 0 saturated carbocycles. The maximum Gasteiger partial charge on any atom is 0.0666 e. The molecule has 1 atom stereocenters. The number of hydrogen-bond acceptors (Lipinski definition) is 2. The number of nitriles is 1. The van der Waals surface area contributed by atoms with Crippen molar-refractivity contribution in [3.8, 4) is 6.07 Å². The van der Waals surface area contributed by atoms with E-state index in [1.165, 1.54) is 0 Å². The van der Waals surface area contributed by atoms with E-state index >= 15 is 0 Å². The lowest BCUT2D eigenvalue weighted by molar-refractivity contribution is 0.274. The molecule has 0 aliphatic heterocycles. The molecular weight excluding hydrogens is 172 g/mol. The Labute approximate surface area is 88.7 Å². The van der Waals surface area contributed by atoms with E-state index in [1.54, 1.807) is 0 Å². The van der Waals surface area contributed by atoms with E-state index in [2.05, 4.69) is 39.1 Å². The minimum absolute atomic E-state index is 0.120. The maximum absolute atomic E-state index is 8.63. The highest BCUT2D eigenvalue weighted by molar-refractivity contribution is 4.81. The van der Waals surface area contributed by atoms with Crippen LogP contribution < -0.4 is 5.32 Å². The minimum Gasteiger partial charge on any atom is -0.315 e. The summed E-state index contributed by atoms with van der Waals surface area (Å²) in [4.78, 5) is 0. The van der Waals surface area contributed by atoms with Crippen molar-refractivity contribution in [2.75, 3.05) is 13.1 Å². The summed E-state index contributed by atoms with van der Waals surface area (Å²) in [6.45, 7) is 12.8. The maximum atomic E-state index is 8.63. The van der Waals surface area contributed by atoms with Crippen LogP contribution in [0.2, 0.25) is 0 Å². The van der Waals surface area contributed by atoms with Crippen molar-refractivity contribution in [1.29, 1.82) is 5.26 Å². The Morgan fingerprint density at radius 2 is 1.50 bits per heavy atom. The van der Waals surface area contributed by atoms with Crippen molar-refractivity contribution < 1.29 is 0 Å². The molecule has 0 bridgehead atoms. The molecular formula is C12H24N2. The predicted molar refractivity (Wildman–Crippen MR) is 60.8 cm³/mol. The molecule has 0 saturated heterocycles. The molecule has 2 heteroatoms. The number of rotatable bonds is 6. The smallest absolute Gasteiger partial charge is 0.0666 e. The summed E-state index contributed by atoms with van der Waals surface area (Å²) >= 11 is 0. The van der Waals surface area contributed by atoms with Crippen molar-refractivity contribution in [2.45, 2.75) is 34.6 Å². The van der Waals surface area contributed by atoms with Gasteiger partial charge >= 0.3 is 0 Å². The van der Waals surface area contributed by atoms with Gasteiger partial charge in [-0.1, -0.05) is 27.7 Å². The van der Waals surface area contributed by atoms with Gasteiger partial charge in [0.05, 0.1) is 12.0 Å². The van der Waals surface area contributed by atoms with Crippen LogP contribution in [-0.4, -0.2) is 13.1 Å². The first-order chi connectivity index (χ1) is 6.49. The van der Waals surface area contributed by atoms with Crippen LogP contribution in [0.4, 0.5) is 0 Å². The third-order valence-electron chi connectivity index (χ3n) is 2.76. The number of hydrogen-bond donors (Lipinski definition) is 1. The van der Waals surface area contributed by atoms with Crippen molar-refractivity contribution in [3.63, 3.8) is 0 Å². The van der Waals surface area contributed by atoms with Gasteiger partial charge in [-0.15, -0.1) is 0 Å². The average molecular weight is 196 g/mol. The first-order valence-corrected chi connectivity index (χ1v) is 5.59. The molecule has 0 aliphatic rings. The van der Waals surface area contributed by atoms with Gasteiger partial charge in [-0.3, -0.25) is 0 Å².